The summed E-state index contributed by atoms with van der Waals surface area (Å²) in [6, 6.07) is 7.83. The van der Waals surface area contributed by atoms with Gasteiger partial charge in [-0.25, -0.2) is 4.79 Å². The van der Waals surface area contributed by atoms with Gasteiger partial charge in [-0.15, -0.1) is 0 Å². The van der Waals surface area contributed by atoms with Crippen LogP contribution in [0, 0.1) is 0 Å². The van der Waals surface area contributed by atoms with Crippen molar-refractivity contribution in [1.29, 1.82) is 0 Å². The Kier molecular flexibility index (Phi) is 5.25. The number of ether oxygens (including phenoxy) is 1. The van der Waals surface area contributed by atoms with E-state index in [0.29, 0.717) is 12.5 Å². The lowest BCUT2D eigenvalue weighted by molar-refractivity contribution is -0.137. The van der Waals surface area contributed by atoms with Crippen molar-refractivity contribution in [2.75, 3.05) is 20.2 Å². The monoisotopic (exact) mass is 306 g/mol. The molecular formula is C16H22N2O4. The molecule has 22 heavy (non-hydrogen) atoms. The Morgan fingerprint density at radius 3 is 2.64 bits per heavy atom. The number of amides is 2. The first-order valence-corrected chi connectivity index (χ1v) is 7.47. The summed E-state index contributed by atoms with van der Waals surface area (Å²) in [5, 5.41) is 11.5. The average molecular weight is 306 g/mol. The molecule has 1 aliphatic carbocycles. The highest BCUT2D eigenvalue weighted by Crippen LogP contribution is 2.41. The van der Waals surface area contributed by atoms with E-state index in [1.807, 2.05) is 31.2 Å². The summed E-state index contributed by atoms with van der Waals surface area (Å²) in [7, 11) is 1.60. The number of nitrogens with one attached hydrogen (secondary N) is 1. The molecule has 2 atom stereocenters. The molecular weight excluding hydrogens is 284 g/mol. The fourth-order valence-corrected chi connectivity index (χ4v) is 2.33. The number of hydrogen-bond donors (Lipinski definition) is 2. The number of carboxylic acid groups (broad SMARTS) is 1. The Labute approximate surface area is 130 Å². The van der Waals surface area contributed by atoms with Crippen LogP contribution in [0.2, 0.25) is 0 Å². The molecule has 1 fully saturated rings. The number of carboxylic acids is 1. The van der Waals surface area contributed by atoms with Gasteiger partial charge in [-0.2, -0.15) is 0 Å². The van der Waals surface area contributed by atoms with E-state index in [1.165, 1.54) is 10.5 Å². The summed E-state index contributed by atoms with van der Waals surface area (Å²) in [4.78, 5) is 23.8. The van der Waals surface area contributed by atoms with Crippen LogP contribution >= 0.6 is 0 Å². The van der Waals surface area contributed by atoms with Crippen LogP contribution in [0.25, 0.3) is 0 Å². The van der Waals surface area contributed by atoms with E-state index in [2.05, 4.69) is 5.32 Å². The van der Waals surface area contributed by atoms with Gasteiger partial charge in [0.1, 0.15) is 5.75 Å². The normalized spacial score (nSPS) is 19.4. The van der Waals surface area contributed by atoms with Crippen LogP contribution in [0.4, 0.5) is 4.79 Å². The van der Waals surface area contributed by atoms with Crippen LogP contribution in [0.5, 0.6) is 5.75 Å². The number of carbonyl (C=O) groups is 2. The highest BCUT2D eigenvalue weighted by atomic mass is 16.5. The second-order valence-corrected chi connectivity index (χ2v) is 5.47. The molecule has 2 rings (SSSR count). The van der Waals surface area contributed by atoms with Crippen LogP contribution in [0.1, 0.15) is 31.2 Å². The zero-order valence-electron chi connectivity index (χ0n) is 12.9. The van der Waals surface area contributed by atoms with E-state index in [1.54, 1.807) is 7.05 Å². The van der Waals surface area contributed by atoms with Crippen molar-refractivity contribution in [3.8, 4) is 5.75 Å². The number of carbonyl (C=O) groups excluding carboxylic acids is 1. The fraction of sp³-hybridized carbons (Fsp3) is 0.500. The van der Waals surface area contributed by atoms with Crippen LogP contribution in [0.3, 0.4) is 0 Å². The average Bonchev–Trinajstić information content (AvgIpc) is 3.25. The molecule has 0 aromatic heterocycles. The van der Waals surface area contributed by atoms with Crippen molar-refractivity contribution in [3.05, 3.63) is 29.8 Å². The summed E-state index contributed by atoms with van der Waals surface area (Å²) >= 11 is 0. The Balaban J connectivity index is 1.79. The van der Waals surface area contributed by atoms with Crippen LogP contribution < -0.4 is 10.1 Å². The van der Waals surface area contributed by atoms with Gasteiger partial charge >= 0.3 is 12.0 Å². The van der Waals surface area contributed by atoms with Crippen LogP contribution in [0.15, 0.2) is 24.3 Å². The lowest BCUT2D eigenvalue weighted by atomic mass is 10.1. The largest absolute Gasteiger partial charge is 0.494 e. The topological polar surface area (TPSA) is 78.9 Å². The van der Waals surface area contributed by atoms with E-state index in [4.69, 9.17) is 9.84 Å². The van der Waals surface area contributed by atoms with Gasteiger partial charge in [0.25, 0.3) is 0 Å². The first-order valence-electron chi connectivity index (χ1n) is 7.47. The molecule has 6 nitrogen and oxygen atoms in total. The summed E-state index contributed by atoms with van der Waals surface area (Å²) in [6.45, 7) is 2.80. The molecule has 2 amide bonds. The van der Waals surface area contributed by atoms with Gasteiger partial charge in [0.05, 0.1) is 13.0 Å². The van der Waals surface area contributed by atoms with Gasteiger partial charge in [0.2, 0.25) is 0 Å². The molecule has 120 valence electrons. The molecule has 6 heteroatoms. The number of hydrogen-bond acceptors (Lipinski definition) is 3. The Bertz CT molecular complexity index is 529. The smallest absolute Gasteiger partial charge is 0.317 e. The van der Waals surface area contributed by atoms with Crippen molar-refractivity contribution in [2.45, 2.75) is 31.7 Å². The maximum absolute atomic E-state index is 11.9. The number of nitrogens with zero attached hydrogens (tertiary/aromatic N) is 1. The summed E-state index contributed by atoms with van der Waals surface area (Å²) in [6.07, 6.45) is 0.864. The minimum Gasteiger partial charge on any atom is -0.494 e. The highest BCUT2D eigenvalue weighted by Gasteiger charge is 2.39. The lowest BCUT2D eigenvalue weighted by Crippen LogP contribution is -2.39. The van der Waals surface area contributed by atoms with Crippen LogP contribution in [-0.4, -0.2) is 48.2 Å². The second kappa shape index (κ2) is 7.15. The predicted molar refractivity (Wildman–Crippen MR) is 82.2 cm³/mol. The van der Waals surface area contributed by atoms with Gasteiger partial charge in [-0.05, 0) is 31.0 Å². The van der Waals surface area contributed by atoms with Gasteiger partial charge in [-0.3, -0.25) is 4.79 Å². The maximum atomic E-state index is 11.9. The lowest BCUT2D eigenvalue weighted by Gasteiger charge is -2.17. The molecule has 0 spiro atoms. The maximum Gasteiger partial charge on any atom is 0.317 e. The molecule has 0 bridgehead atoms. The van der Waals surface area contributed by atoms with Crippen molar-refractivity contribution in [3.63, 3.8) is 0 Å². The zero-order chi connectivity index (χ0) is 16.1. The third-order valence-corrected chi connectivity index (χ3v) is 3.73. The molecule has 0 heterocycles. The summed E-state index contributed by atoms with van der Waals surface area (Å²) in [5.41, 5.74) is 1.18. The van der Waals surface area contributed by atoms with E-state index in [-0.39, 0.29) is 25.0 Å². The second-order valence-electron chi connectivity index (χ2n) is 5.47. The molecule has 0 saturated heterocycles. The fourth-order valence-electron chi connectivity index (χ4n) is 2.33. The number of aliphatic carboxylic acids is 1. The van der Waals surface area contributed by atoms with E-state index in [0.717, 1.165) is 12.2 Å². The van der Waals surface area contributed by atoms with Crippen molar-refractivity contribution in [1.82, 2.24) is 10.2 Å². The molecule has 1 aliphatic rings. The molecule has 1 aromatic carbocycles. The van der Waals surface area contributed by atoms with Crippen LogP contribution in [-0.2, 0) is 4.79 Å². The van der Waals surface area contributed by atoms with Crippen molar-refractivity contribution in [2.24, 2.45) is 0 Å². The first-order chi connectivity index (χ1) is 10.5. The highest BCUT2D eigenvalue weighted by molar-refractivity contribution is 5.76. The van der Waals surface area contributed by atoms with Crippen molar-refractivity contribution < 1.29 is 19.4 Å². The standard InChI is InChI=1S/C16H22N2O4/c1-3-22-12-6-4-11(5-7-12)13-10-14(13)17-16(21)18(2)9-8-15(19)20/h4-7,13-14H,3,8-10H2,1-2H3,(H,17,21)(H,19,20)/t13-,14+/m0/s1. The summed E-state index contributed by atoms with van der Waals surface area (Å²) in [5.74, 6) is 0.270. The number of benzene rings is 1. The van der Waals surface area contributed by atoms with Gasteiger partial charge in [0.15, 0.2) is 0 Å². The molecule has 0 unspecified atom stereocenters. The minimum absolute atomic E-state index is 0.0447. The number of urea groups is 1. The van der Waals surface area contributed by atoms with E-state index < -0.39 is 5.97 Å². The van der Waals surface area contributed by atoms with Gasteiger partial charge < -0.3 is 20.1 Å². The zero-order valence-corrected chi connectivity index (χ0v) is 12.9. The molecule has 1 aromatic rings. The predicted octanol–water partition coefficient (Wildman–Crippen LogP) is 2.06. The van der Waals surface area contributed by atoms with E-state index >= 15 is 0 Å². The van der Waals surface area contributed by atoms with E-state index in [9.17, 15) is 9.59 Å². The van der Waals surface area contributed by atoms with Gasteiger partial charge in [-0.1, -0.05) is 12.1 Å². The quantitative estimate of drug-likeness (QED) is 0.808. The molecule has 1 saturated carbocycles. The molecule has 2 N–H and O–H groups in total. The number of rotatable bonds is 7. The molecule has 0 aliphatic heterocycles. The Morgan fingerprint density at radius 2 is 2.05 bits per heavy atom. The first kappa shape index (κ1) is 16.1. The molecule has 0 radical (unpaired) electrons. The third-order valence-electron chi connectivity index (χ3n) is 3.73. The Morgan fingerprint density at radius 1 is 1.36 bits per heavy atom. The Hall–Kier alpha value is -2.24. The van der Waals surface area contributed by atoms with Crippen molar-refractivity contribution >= 4 is 12.0 Å². The van der Waals surface area contributed by atoms with Gasteiger partial charge in [0, 0.05) is 25.6 Å². The summed E-state index contributed by atoms with van der Waals surface area (Å²) < 4.78 is 5.41. The third kappa shape index (κ3) is 4.38. The minimum atomic E-state index is -0.904. The SMILES string of the molecule is CCOc1ccc([C@@H]2C[C@H]2NC(=O)N(C)CCC(=O)O)cc1.